The van der Waals surface area contributed by atoms with Gasteiger partial charge in [0.1, 0.15) is 8.07 Å². The lowest BCUT2D eigenvalue weighted by molar-refractivity contribution is 0.731. The van der Waals surface area contributed by atoms with E-state index in [0.717, 1.165) is 0 Å². The highest BCUT2D eigenvalue weighted by molar-refractivity contribution is 8.08. The molecule has 124 valence electrons. The summed E-state index contributed by atoms with van der Waals surface area (Å²) in [5, 5.41) is 0.285. The first-order valence-corrected chi connectivity index (χ1v) is 12.1. The number of hydrogen-bond acceptors (Lipinski definition) is 1. The molecule has 24 heavy (non-hydrogen) atoms. The van der Waals surface area contributed by atoms with E-state index in [9.17, 15) is 0 Å². The fourth-order valence-corrected chi connectivity index (χ4v) is 3.59. The van der Waals surface area contributed by atoms with E-state index in [0.29, 0.717) is 0 Å². The molecular weight excluding hydrogens is 324 g/mol. The van der Waals surface area contributed by atoms with Crippen molar-refractivity contribution >= 4 is 24.7 Å². The van der Waals surface area contributed by atoms with E-state index >= 15 is 0 Å². The van der Waals surface area contributed by atoms with Gasteiger partial charge < -0.3 is 0 Å². The first-order valence-electron chi connectivity index (χ1n) is 8.31. The lowest BCUT2D eigenvalue weighted by Gasteiger charge is -2.31. The van der Waals surface area contributed by atoms with E-state index in [4.69, 9.17) is 0 Å². The molecule has 2 aromatic carbocycles. The third-order valence-corrected chi connectivity index (χ3v) is 10.1. The Morgan fingerprint density at radius 1 is 0.917 bits per heavy atom. The number of thioether (sulfide) groups is 1. The van der Waals surface area contributed by atoms with Gasteiger partial charge in [0.25, 0.3) is 0 Å². The van der Waals surface area contributed by atoms with Crippen LogP contribution in [0.15, 0.2) is 71.6 Å². The first kappa shape index (κ1) is 18.6. The molecule has 2 rings (SSSR count). The molecule has 0 heterocycles. The SMILES string of the molecule is CC(C)(C)[Si](C)(C)C#C/C=C(\Sc1ccccc1)c1ccccc1. The zero-order valence-electron chi connectivity index (χ0n) is 15.3. The Morgan fingerprint density at radius 3 is 2.00 bits per heavy atom. The Hall–Kier alpha value is -1.69. The predicted octanol–water partition coefficient (Wildman–Crippen LogP) is 6.87. The molecule has 0 nitrogen and oxygen atoms in total. The minimum atomic E-state index is -1.58. The summed E-state index contributed by atoms with van der Waals surface area (Å²) in [6, 6.07) is 21.0. The van der Waals surface area contributed by atoms with Crippen LogP contribution in [0.25, 0.3) is 4.91 Å². The van der Waals surface area contributed by atoms with Crippen LogP contribution in [0.1, 0.15) is 26.3 Å². The van der Waals surface area contributed by atoms with E-state index in [-0.39, 0.29) is 5.04 Å². The number of rotatable bonds is 3. The zero-order valence-corrected chi connectivity index (χ0v) is 17.1. The van der Waals surface area contributed by atoms with Gasteiger partial charge in [-0.2, -0.15) is 0 Å². The fraction of sp³-hybridized carbons (Fsp3) is 0.273. The average Bonchev–Trinajstić information content (AvgIpc) is 2.54. The minimum absolute atomic E-state index is 0.285. The highest BCUT2D eigenvalue weighted by Crippen LogP contribution is 2.36. The van der Waals surface area contributed by atoms with Gasteiger partial charge in [0.05, 0.1) is 0 Å². The lowest BCUT2D eigenvalue weighted by atomic mass is 10.2. The molecule has 0 aliphatic rings. The number of benzene rings is 2. The minimum Gasteiger partial charge on any atom is -0.126 e. The normalized spacial score (nSPS) is 12.5. The molecule has 0 bridgehead atoms. The van der Waals surface area contributed by atoms with Gasteiger partial charge in [-0.05, 0) is 22.7 Å². The third kappa shape index (κ3) is 5.16. The summed E-state index contributed by atoms with van der Waals surface area (Å²) in [6.07, 6.45) is 2.09. The van der Waals surface area contributed by atoms with Gasteiger partial charge in [-0.1, -0.05) is 100 Å². The van der Waals surface area contributed by atoms with E-state index in [2.05, 4.69) is 106 Å². The van der Waals surface area contributed by atoms with Crippen molar-refractivity contribution in [1.82, 2.24) is 0 Å². The van der Waals surface area contributed by atoms with Gasteiger partial charge in [-0.3, -0.25) is 0 Å². The Labute approximate surface area is 152 Å². The molecule has 0 aliphatic carbocycles. The van der Waals surface area contributed by atoms with Crippen LogP contribution in [-0.2, 0) is 0 Å². The van der Waals surface area contributed by atoms with Crippen LogP contribution in [-0.4, -0.2) is 8.07 Å². The van der Waals surface area contributed by atoms with Crippen molar-refractivity contribution in [2.75, 3.05) is 0 Å². The summed E-state index contributed by atoms with van der Waals surface area (Å²) >= 11 is 1.77. The topological polar surface area (TPSA) is 0 Å². The molecule has 0 saturated carbocycles. The molecule has 2 aromatic rings. The predicted molar refractivity (Wildman–Crippen MR) is 112 cm³/mol. The van der Waals surface area contributed by atoms with Gasteiger partial charge >= 0.3 is 0 Å². The fourth-order valence-electron chi connectivity index (χ4n) is 1.86. The van der Waals surface area contributed by atoms with Crippen LogP contribution >= 0.6 is 11.8 Å². The quantitative estimate of drug-likeness (QED) is 0.330. The average molecular weight is 351 g/mol. The molecule has 0 unspecified atom stereocenters. The van der Waals surface area contributed by atoms with Crippen molar-refractivity contribution in [2.45, 2.75) is 43.8 Å². The maximum atomic E-state index is 3.58. The monoisotopic (exact) mass is 350 g/mol. The maximum Gasteiger partial charge on any atom is 0.138 e. The van der Waals surface area contributed by atoms with Gasteiger partial charge in [0, 0.05) is 15.9 Å². The number of allylic oxidation sites excluding steroid dienone is 1. The van der Waals surface area contributed by atoms with E-state index in [1.165, 1.54) is 15.4 Å². The first-order chi connectivity index (χ1) is 11.3. The molecule has 0 aliphatic heterocycles. The molecule has 0 aromatic heterocycles. The Balaban J connectivity index is 2.34. The summed E-state index contributed by atoms with van der Waals surface area (Å²) in [5.74, 6) is 3.38. The molecule has 0 radical (unpaired) electrons. The van der Waals surface area contributed by atoms with E-state index < -0.39 is 8.07 Å². The lowest BCUT2D eigenvalue weighted by Crippen LogP contribution is -2.35. The standard InChI is InChI=1S/C22H26SSi/c1-22(2,3)24(4,5)18-12-17-21(19-13-8-6-9-14-19)23-20-15-10-7-11-16-20/h6-11,13-17H,1-5H3/b21-17-. The largest absolute Gasteiger partial charge is 0.138 e. The highest BCUT2D eigenvalue weighted by Gasteiger charge is 2.33. The van der Waals surface area contributed by atoms with Gasteiger partial charge in [0.15, 0.2) is 0 Å². The van der Waals surface area contributed by atoms with E-state index in [1.807, 2.05) is 6.07 Å². The highest BCUT2D eigenvalue weighted by atomic mass is 32.2. The Bertz CT molecular complexity index is 741. The summed E-state index contributed by atoms with van der Waals surface area (Å²) in [6.45, 7) is 11.6. The van der Waals surface area contributed by atoms with Gasteiger partial charge in [0.2, 0.25) is 0 Å². The van der Waals surface area contributed by atoms with Crippen LogP contribution in [0.3, 0.4) is 0 Å². The summed E-state index contributed by atoms with van der Waals surface area (Å²) in [5.41, 5.74) is 4.80. The third-order valence-electron chi connectivity index (χ3n) is 4.49. The Kier molecular flexibility index (Phi) is 6.15. The van der Waals surface area contributed by atoms with Crippen molar-refractivity contribution < 1.29 is 0 Å². The maximum absolute atomic E-state index is 3.58. The van der Waals surface area contributed by atoms with Crippen molar-refractivity contribution in [3.8, 4) is 11.5 Å². The molecule has 0 spiro atoms. The van der Waals surface area contributed by atoms with Crippen LogP contribution in [0, 0.1) is 11.5 Å². The van der Waals surface area contributed by atoms with Crippen LogP contribution in [0.4, 0.5) is 0 Å². The van der Waals surface area contributed by atoms with Gasteiger partial charge in [-0.15, -0.1) is 5.54 Å². The summed E-state index contributed by atoms with van der Waals surface area (Å²) < 4.78 is 0. The van der Waals surface area contributed by atoms with Crippen molar-refractivity contribution in [2.24, 2.45) is 0 Å². The molecule has 0 amide bonds. The second kappa shape index (κ2) is 7.92. The summed E-state index contributed by atoms with van der Waals surface area (Å²) in [7, 11) is -1.58. The van der Waals surface area contributed by atoms with Gasteiger partial charge in [-0.25, -0.2) is 0 Å². The van der Waals surface area contributed by atoms with Crippen LogP contribution < -0.4 is 0 Å². The molecule has 0 N–H and O–H groups in total. The smallest absolute Gasteiger partial charge is 0.126 e. The van der Waals surface area contributed by atoms with Crippen molar-refractivity contribution in [1.29, 1.82) is 0 Å². The Morgan fingerprint density at radius 2 is 1.46 bits per heavy atom. The second-order valence-corrected chi connectivity index (χ2v) is 13.5. The van der Waals surface area contributed by atoms with Crippen LogP contribution in [0.5, 0.6) is 0 Å². The van der Waals surface area contributed by atoms with Crippen molar-refractivity contribution in [3.05, 3.63) is 72.3 Å². The molecular formula is C22H26SSi. The molecule has 0 atom stereocenters. The second-order valence-electron chi connectivity index (χ2n) is 7.43. The number of hydrogen-bond donors (Lipinski definition) is 0. The summed E-state index contributed by atoms with van der Waals surface area (Å²) in [4.78, 5) is 2.44. The van der Waals surface area contributed by atoms with Crippen LogP contribution in [0.2, 0.25) is 18.1 Å². The molecule has 0 saturated heterocycles. The zero-order chi connectivity index (χ0) is 17.6. The van der Waals surface area contributed by atoms with Crippen molar-refractivity contribution in [3.63, 3.8) is 0 Å². The molecule has 2 heteroatoms. The molecule has 0 fully saturated rings. The van der Waals surface area contributed by atoms with E-state index in [1.54, 1.807) is 11.8 Å².